The number of hydrogen-bond acceptors (Lipinski definition) is 4. The molecule has 2 aromatic rings. The molecule has 3 N–H and O–H groups in total. The number of thiophene rings is 1. The van der Waals surface area contributed by atoms with Crippen molar-refractivity contribution in [2.75, 3.05) is 23.7 Å². The van der Waals surface area contributed by atoms with E-state index in [1.807, 2.05) is 36.4 Å². The lowest BCUT2D eigenvalue weighted by molar-refractivity contribution is 0.0685. The van der Waals surface area contributed by atoms with E-state index in [0.717, 1.165) is 38.0 Å². The molecule has 2 atom stereocenters. The molecule has 0 saturated carbocycles. The predicted molar refractivity (Wildman–Crippen MR) is 104 cm³/mol. The fraction of sp³-hybridized carbons (Fsp3) is 0.368. The summed E-state index contributed by atoms with van der Waals surface area (Å²) in [6, 6.07) is 13.2. The highest BCUT2D eigenvalue weighted by molar-refractivity contribution is 7.18. The number of rotatable bonds is 3. The van der Waals surface area contributed by atoms with Crippen molar-refractivity contribution < 1.29 is 9.59 Å². The summed E-state index contributed by atoms with van der Waals surface area (Å²) in [6.45, 7) is 1.85. The number of fused-ring (bicyclic) bond motifs is 2. The van der Waals surface area contributed by atoms with Crippen molar-refractivity contribution in [3.63, 3.8) is 0 Å². The first-order valence-electron chi connectivity index (χ1n) is 8.97. The number of amides is 3. The van der Waals surface area contributed by atoms with E-state index in [4.69, 9.17) is 0 Å². The molecular weight excluding hydrogens is 348 g/mol. The van der Waals surface area contributed by atoms with Crippen LogP contribution in [0.3, 0.4) is 0 Å². The fourth-order valence-corrected chi connectivity index (χ4v) is 4.60. The maximum Gasteiger partial charge on any atom is 0.324 e. The van der Waals surface area contributed by atoms with E-state index in [9.17, 15) is 9.59 Å². The van der Waals surface area contributed by atoms with Crippen LogP contribution in [0.4, 0.5) is 15.5 Å². The first kappa shape index (κ1) is 17.1. The second-order valence-electron chi connectivity index (χ2n) is 6.70. The van der Waals surface area contributed by atoms with Crippen LogP contribution in [-0.2, 0) is 0 Å². The fourth-order valence-electron chi connectivity index (χ4n) is 3.76. The summed E-state index contributed by atoms with van der Waals surface area (Å²) in [4.78, 5) is 27.8. The Labute approximate surface area is 156 Å². The van der Waals surface area contributed by atoms with Crippen LogP contribution in [0.2, 0.25) is 0 Å². The Morgan fingerprint density at radius 1 is 1.00 bits per heavy atom. The average molecular weight is 370 g/mol. The van der Waals surface area contributed by atoms with Crippen molar-refractivity contribution >= 4 is 34.0 Å². The molecule has 0 aliphatic carbocycles. The zero-order valence-corrected chi connectivity index (χ0v) is 15.2. The van der Waals surface area contributed by atoms with Crippen LogP contribution < -0.4 is 16.0 Å². The highest BCUT2D eigenvalue weighted by Gasteiger charge is 2.38. The molecule has 136 valence electrons. The minimum atomic E-state index is -0.309. The minimum Gasteiger partial charge on any atom is -0.331 e. The molecular formula is C19H22N4O2S. The highest BCUT2D eigenvalue weighted by atomic mass is 32.1. The molecule has 1 aromatic carbocycles. The van der Waals surface area contributed by atoms with Gasteiger partial charge in [0.1, 0.15) is 0 Å². The van der Waals surface area contributed by atoms with Crippen molar-refractivity contribution in [3.05, 3.63) is 47.3 Å². The number of carbonyl (C=O) groups excluding carboxylic acids is 2. The zero-order chi connectivity index (χ0) is 17.9. The molecule has 2 saturated heterocycles. The van der Waals surface area contributed by atoms with E-state index in [1.165, 1.54) is 11.3 Å². The van der Waals surface area contributed by atoms with E-state index in [0.29, 0.717) is 15.9 Å². The summed E-state index contributed by atoms with van der Waals surface area (Å²) in [5.74, 6) is 0.0858. The lowest BCUT2D eigenvalue weighted by atomic mass is 10.1. The van der Waals surface area contributed by atoms with Crippen molar-refractivity contribution in [2.24, 2.45) is 0 Å². The molecule has 0 radical (unpaired) electrons. The number of nitrogens with one attached hydrogen (secondary N) is 3. The van der Waals surface area contributed by atoms with Crippen molar-refractivity contribution in [1.82, 2.24) is 10.2 Å². The van der Waals surface area contributed by atoms with Crippen LogP contribution in [0.1, 0.15) is 28.9 Å². The number of nitrogens with zero attached hydrogens (tertiary/aromatic N) is 1. The lowest BCUT2D eigenvalue weighted by Crippen LogP contribution is -2.42. The molecule has 2 fully saturated rings. The first-order chi connectivity index (χ1) is 12.7. The van der Waals surface area contributed by atoms with Crippen molar-refractivity contribution in [3.8, 4) is 0 Å². The van der Waals surface area contributed by atoms with Crippen LogP contribution in [0.5, 0.6) is 0 Å². The summed E-state index contributed by atoms with van der Waals surface area (Å²) in [5.41, 5.74) is 0.728. The van der Waals surface area contributed by atoms with E-state index >= 15 is 0 Å². The monoisotopic (exact) mass is 370 g/mol. The Morgan fingerprint density at radius 3 is 2.65 bits per heavy atom. The Kier molecular flexibility index (Phi) is 4.90. The van der Waals surface area contributed by atoms with Crippen LogP contribution in [0, 0.1) is 0 Å². The maximum absolute atomic E-state index is 13.0. The third-order valence-electron chi connectivity index (χ3n) is 4.97. The van der Waals surface area contributed by atoms with Gasteiger partial charge in [-0.2, -0.15) is 0 Å². The highest BCUT2D eigenvalue weighted by Crippen LogP contribution is 2.32. The molecule has 0 spiro atoms. The smallest absolute Gasteiger partial charge is 0.324 e. The van der Waals surface area contributed by atoms with Gasteiger partial charge < -0.3 is 15.5 Å². The summed E-state index contributed by atoms with van der Waals surface area (Å²) in [6.07, 6.45) is 3.17. The second kappa shape index (κ2) is 7.47. The van der Waals surface area contributed by atoms with E-state index in [2.05, 4.69) is 20.9 Å². The van der Waals surface area contributed by atoms with Crippen molar-refractivity contribution in [2.45, 2.75) is 31.3 Å². The number of carbonyl (C=O) groups is 2. The van der Waals surface area contributed by atoms with E-state index in [1.54, 1.807) is 6.07 Å². The summed E-state index contributed by atoms with van der Waals surface area (Å²) >= 11 is 1.33. The van der Waals surface area contributed by atoms with Gasteiger partial charge in [0.25, 0.3) is 5.91 Å². The second-order valence-corrected chi connectivity index (χ2v) is 7.78. The normalized spacial score (nSPS) is 21.9. The average Bonchev–Trinajstić information content (AvgIpc) is 3.18. The maximum atomic E-state index is 13.0. The SMILES string of the molecule is O=C(Nc1ccccc1)Nc1ccc(C(=O)N2C3CCNCC2CC3)s1. The number of para-hydroxylation sites is 1. The summed E-state index contributed by atoms with van der Waals surface area (Å²) in [7, 11) is 0. The lowest BCUT2D eigenvalue weighted by Gasteiger charge is -2.27. The Morgan fingerprint density at radius 2 is 1.81 bits per heavy atom. The summed E-state index contributed by atoms with van der Waals surface area (Å²) in [5, 5.41) is 9.66. The molecule has 3 heterocycles. The van der Waals surface area contributed by atoms with Gasteiger partial charge in [-0.3, -0.25) is 10.1 Å². The number of hydrogen-bond donors (Lipinski definition) is 3. The molecule has 26 heavy (non-hydrogen) atoms. The van der Waals surface area contributed by atoms with Crippen LogP contribution in [0.25, 0.3) is 0 Å². The molecule has 4 rings (SSSR count). The molecule has 2 unspecified atom stereocenters. The topological polar surface area (TPSA) is 73.5 Å². The Balaban J connectivity index is 1.41. The van der Waals surface area contributed by atoms with Gasteiger partial charge in [0.15, 0.2) is 0 Å². The minimum absolute atomic E-state index is 0.0858. The van der Waals surface area contributed by atoms with Gasteiger partial charge in [0.05, 0.1) is 9.88 Å². The molecule has 2 aliphatic heterocycles. The number of urea groups is 1. The summed E-state index contributed by atoms with van der Waals surface area (Å²) < 4.78 is 0. The number of benzene rings is 1. The Hall–Kier alpha value is -2.38. The quantitative estimate of drug-likeness (QED) is 0.776. The van der Waals surface area contributed by atoms with Crippen LogP contribution in [0.15, 0.2) is 42.5 Å². The van der Waals surface area contributed by atoms with Gasteiger partial charge in [-0.25, -0.2) is 4.79 Å². The molecule has 2 bridgehead atoms. The molecule has 1 aromatic heterocycles. The largest absolute Gasteiger partial charge is 0.331 e. The number of anilines is 2. The third kappa shape index (κ3) is 3.59. The molecule has 2 aliphatic rings. The van der Waals surface area contributed by atoms with Gasteiger partial charge in [-0.1, -0.05) is 18.2 Å². The van der Waals surface area contributed by atoms with Crippen molar-refractivity contribution in [1.29, 1.82) is 0 Å². The van der Waals surface area contributed by atoms with E-state index in [-0.39, 0.29) is 18.0 Å². The molecule has 7 heteroatoms. The van der Waals surface area contributed by atoms with Gasteiger partial charge in [-0.15, -0.1) is 11.3 Å². The van der Waals surface area contributed by atoms with E-state index < -0.39 is 0 Å². The molecule has 3 amide bonds. The van der Waals surface area contributed by atoms with Crippen LogP contribution >= 0.6 is 11.3 Å². The van der Waals surface area contributed by atoms with Gasteiger partial charge in [0.2, 0.25) is 0 Å². The van der Waals surface area contributed by atoms with Gasteiger partial charge in [0, 0.05) is 24.3 Å². The van der Waals surface area contributed by atoms with Gasteiger partial charge >= 0.3 is 6.03 Å². The zero-order valence-electron chi connectivity index (χ0n) is 14.4. The Bertz CT molecular complexity index is 778. The predicted octanol–water partition coefficient (Wildman–Crippen LogP) is 3.36. The standard InChI is InChI=1S/C19H22N4O2S/c24-18(23-14-6-7-15(23)12-20-11-10-14)16-8-9-17(26-16)22-19(25)21-13-4-2-1-3-5-13/h1-5,8-9,14-15,20H,6-7,10-12H2,(H2,21,22,25). The third-order valence-corrected chi connectivity index (χ3v) is 5.96. The molecule has 6 nitrogen and oxygen atoms in total. The van der Waals surface area contributed by atoms with Gasteiger partial charge in [-0.05, 0) is 50.1 Å². The first-order valence-corrected chi connectivity index (χ1v) is 9.78. The van der Waals surface area contributed by atoms with Crippen LogP contribution in [-0.4, -0.2) is 42.0 Å².